The summed E-state index contributed by atoms with van der Waals surface area (Å²) in [7, 11) is 0. The second kappa shape index (κ2) is 7.73. The molecule has 0 heterocycles. The molecule has 0 radical (unpaired) electrons. The minimum atomic E-state index is -0.0914. The number of para-hydroxylation sites is 1. The zero-order chi connectivity index (χ0) is 15.2. The number of nitrogens with one attached hydrogen (secondary N) is 1. The highest BCUT2D eigenvalue weighted by Gasteiger charge is 2.24. The largest absolute Gasteiger partial charge is 0.392 e. The Kier molecular flexibility index (Phi) is 5.96. The van der Waals surface area contributed by atoms with Gasteiger partial charge in [-0.25, -0.2) is 0 Å². The molecular weight excluding hydrogens is 306 g/mol. The molecule has 1 aliphatic carbocycles. The van der Waals surface area contributed by atoms with Crippen LogP contribution in [0.25, 0.3) is 0 Å². The van der Waals surface area contributed by atoms with Gasteiger partial charge in [-0.2, -0.15) is 0 Å². The van der Waals surface area contributed by atoms with Gasteiger partial charge in [0.05, 0.1) is 22.2 Å². The van der Waals surface area contributed by atoms with E-state index in [2.05, 4.69) is 10.2 Å². The molecule has 0 bridgehead atoms. The third kappa shape index (κ3) is 4.95. The first-order valence-corrected chi connectivity index (χ1v) is 7.91. The molecule has 1 saturated carbocycles. The lowest BCUT2D eigenvalue weighted by Crippen LogP contribution is -2.43. The summed E-state index contributed by atoms with van der Waals surface area (Å²) >= 11 is 11.0. The summed E-state index contributed by atoms with van der Waals surface area (Å²) in [5, 5.41) is 3.38. The molecule has 6 heteroatoms. The lowest BCUT2D eigenvalue weighted by atomic mass is 10.2. The van der Waals surface area contributed by atoms with Gasteiger partial charge in [0.25, 0.3) is 0 Å². The second-order valence-corrected chi connectivity index (χ2v) is 6.27. The average Bonchev–Trinajstić information content (AvgIpc) is 2.94. The number of amides is 1. The Balaban J connectivity index is 1.97. The van der Waals surface area contributed by atoms with E-state index in [0.717, 1.165) is 12.8 Å². The quantitative estimate of drug-likeness (QED) is 0.790. The van der Waals surface area contributed by atoms with Gasteiger partial charge in [-0.05, 0) is 25.0 Å². The van der Waals surface area contributed by atoms with Crippen LogP contribution in [0.3, 0.4) is 0 Å². The van der Waals surface area contributed by atoms with Crippen molar-refractivity contribution in [3.05, 3.63) is 29.3 Å². The SMILES string of the molecule is NC(=S)CN(CC(=O)Nc1ccccc1Cl)C1CCCC1. The van der Waals surface area contributed by atoms with Crippen LogP contribution in [0.1, 0.15) is 25.7 Å². The smallest absolute Gasteiger partial charge is 0.238 e. The molecule has 2 rings (SSSR count). The van der Waals surface area contributed by atoms with Gasteiger partial charge in [-0.1, -0.05) is 48.8 Å². The molecular formula is C15H20ClN3OS. The maximum Gasteiger partial charge on any atom is 0.238 e. The van der Waals surface area contributed by atoms with Gasteiger partial charge in [-0.3, -0.25) is 9.69 Å². The Labute approximate surface area is 135 Å². The van der Waals surface area contributed by atoms with Gasteiger partial charge in [0.1, 0.15) is 0 Å². The van der Waals surface area contributed by atoms with Crippen LogP contribution in [-0.4, -0.2) is 34.9 Å². The normalized spacial score (nSPS) is 15.3. The number of halogens is 1. The summed E-state index contributed by atoms with van der Waals surface area (Å²) < 4.78 is 0. The first kappa shape index (κ1) is 16.2. The van der Waals surface area contributed by atoms with Crippen molar-refractivity contribution in [3.8, 4) is 0 Å². The summed E-state index contributed by atoms with van der Waals surface area (Å²) in [5.41, 5.74) is 6.28. The van der Waals surface area contributed by atoms with E-state index >= 15 is 0 Å². The average molecular weight is 326 g/mol. The van der Waals surface area contributed by atoms with Crippen molar-refractivity contribution in [2.45, 2.75) is 31.7 Å². The van der Waals surface area contributed by atoms with Crippen LogP contribution < -0.4 is 11.1 Å². The van der Waals surface area contributed by atoms with Crippen LogP contribution in [-0.2, 0) is 4.79 Å². The first-order chi connectivity index (χ1) is 10.1. The topological polar surface area (TPSA) is 58.4 Å². The molecule has 1 amide bonds. The van der Waals surface area contributed by atoms with E-state index in [4.69, 9.17) is 29.6 Å². The summed E-state index contributed by atoms with van der Waals surface area (Å²) in [6.45, 7) is 0.767. The maximum atomic E-state index is 12.2. The number of nitrogens with zero attached hydrogens (tertiary/aromatic N) is 1. The van der Waals surface area contributed by atoms with Gasteiger partial charge >= 0.3 is 0 Å². The fourth-order valence-electron chi connectivity index (χ4n) is 2.72. The minimum absolute atomic E-state index is 0.0914. The van der Waals surface area contributed by atoms with Crippen molar-refractivity contribution in [1.82, 2.24) is 4.90 Å². The van der Waals surface area contributed by atoms with Crippen LogP contribution >= 0.6 is 23.8 Å². The number of carbonyl (C=O) groups excluding carboxylic acids is 1. The van der Waals surface area contributed by atoms with Crippen molar-refractivity contribution in [1.29, 1.82) is 0 Å². The van der Waals surface area contributed by atoms with Crippen LogP contribution in [0.15, 0.2) is 24.3 Å². The van der Waals surface area contributed by atoms with Gasteiger partial charge in [0.15, 0.2) is 0 Å². The highest BCUT2D eigenvalue weighted by Crippen LogP contribution is 2.24. The fraction of sp³-hybridized carbons (Fsp3) is 0.467. The zero-order valence-electron chi connectivity index (χ0n) is 11.8. The molecule has 0 aromatic heterocycles. The third-order valence-electron chi connectivity index (χ3n) is 3.69. The predicted molar refractivity (Wildman–Crippen MR) is 90.7 cm³/mol. The van der Waals surface area contributed by atoms with Gasteiger partial charge in [-0.15, -0.1) is 0 Å². The van der Waals surface area contributed by atoms with Crippen molar-refractivity contribution in [2.75, 3.05) is 18.4 Å². The molecule has 4 nitrogen and oxygen atoms in total. The minimum Gasteiger partial charge on any atom is -0.392 e. The number of hydrogen-bond acceptors (Lipinski definition) is 3. The van der Waals surface area contributed by atoms with E-state index in [-0.39, 0.29) is 12.5 Å². The number of carbonyl (C=O) groups is 1. The number of thiocarbonyl (C=S) groups is 1. The Bertz CT molecular complexity index is 517. The lowest BCUT2D eigenvalue weighted by molar-refractivity contribution is -0.117. The Morgan fingerprint density at radius 3 is 2.62 bits per heavy atom. The Morgan fingerprint density at radius 1 is 1.33 bits per heavy atom. The maximum absolute atomic E-state index is 12.2. The highest BCUT2D eigenvalue weighted by atomic mass is 35.5. The molecule has 0 spiro atoms. The van der Waals surface area contributed by atoms with Crippen LogP contribution in [0.2, 0.25) is 5.02 Å². The Hall–Kier alpha value is -1.17. The molecule has 1 aromatic rings. The lowest BCUT2D eigenvalue weighted by Gasteiger charge is -2.27. The molecule has 3 N–H and O–H groups in total. The van der Waals surface area contributed by atoms with Crippen molar-refractivity contribution in [3.63, 3.8) is 0 Å². The molecule has 1 aliphatic rings. The predicted octanol–water partition coefficient (Wildman–Crippen LogP) is 2.81. The van der Waals surface area contributed by atoms with Crippen molar-refractivity contribution >= 4 is 40.4 Å². The number of hydrogen-bond donors (Lipinski definition) is 2. The van der Waals surface area contributed by atoms with Gasteiger partial charge in [0, 0.05) is 12.6 Å². The van der Waals surface area contributed by atoms with E-state index in [1.807, 2.05) is 12.1 Å². The van der Waals surface area contributed by atoms with Crippen LogP contribution in [0.4, 0.5) is 5.69 Å². The van der Waals surface area contributed by atoms with E-state index in [9.17, 15) is 4.79 Å². The zero-order valence-corrected chi connectivity index (χ0v) is 13.4. The van der Waals surface area contributed by atoms with Crippen LogP contribution in [0.5, 0.6) is 0 Å². The van der Waals surface area contributed by atoms with E-state index < -0.39 is 0 Å². The standard InChI is InChI=1S/C15H20ClN3OS/c16-12-7-3-4-8-13(12)18-15(20)10-19(9-14(17)21)11-5-1-2-6-11/h3-4,7-8,11H,1-2,5-6,9-10H2,(H2,17,21)(H,18,20). The van der Waals surface area contributed by atoms with Crippen molar-refractivity contribution < 1.29 is 4.79 Å². The first-order valence-electron chi connectivity index (χ1n) is 7.13. The van der Waals surface area contributed by atoms with E-state index in [1.54, 1.807) is 12.1 Å². The van der Waals surface area contributed by atoms with Crippen LogP contribution in [0, 0.1) is 0 Å². The summed E-state index contributed by atoms with van der Waals surface area (Å²) in [4.78, 5) is 14.7. The number of anilines is 1. The molecule has 0 saturated heterocycles. The van der Waals surface area contributed by atoms with E-state index in [1.165, 1.54) is 12.8 Å². The molecule has 21 heavy (non-hydrogen) atoms. The molecule has 1 aromatic carbocycles. The summed E-state index contributed by atoms with van der Waals surface area (Å²) in [5.74, 6) is -0.0914. The van der Waals surface area contributed by atoms with E-state index in [0.29, 0.717) is 28.3 Å². The summed E-state index contributed by atoms with van der Waals surface area (Å²) in [6.07, 6.45) is 4.60. The molecule has 114 valence electrons. The van der Waals surface area contributed by atoms with Gasteiger partial charge < -0.3 is 11.1 Å². The molecule has 1 fully saturated rings. The summed E-state index contributed by atoms with van der Waals surface area (Å²) in [6, 6.07) is 7.60. The molecule has 0 unspecified atom stereocenters. The fourth-order valence-corrected chi connectivity index (χ4v) is 3.07. The number of nitrogens with two attached hydrogens (primary N) is 1. The number of rotatable bonds is 6. The van der Waals surface area contributed by atoms with Crippen molar-refractivity contribution in [2.24, 2.45) is 5.73 Å². The Morgan fingerprint density at radius 2 is 2.00 bits per heavy atom. The van der Waals surface area contributed by atoms with Gasteiger partial charge in [0.2, 0.25) is 5.91 Å². The number of benzene rings is 1. The molecule has 0 atom stereocenters. The monoisotopic (exact) mass is 325 g/mol. The molecule has 0 aliphatic heterocycles. The third-order valence-corrected chi connectivity index (χ3v) is 4.15. The highest BCUT2D eigenvalue weighted by molar-refractivity contribution is 7.80. The second-order valence-electron chi connectivity index (χ2n) is 5.34.